The highest BCUT2D eigenvalue weighted by molar-refractivity contribution is 5.95. The molecule has 0 aliphatic heterocycles. The first-order valence-electron chi connectivity index (χ1n) is 21.7. The van der Waals surface area contributed by atoms with Crippen LogP contribution in [0, 0.1) is 23.3 Å². The van der Waals surface area contributed by atoms with Gasteiger partial charge in [-0.25, -0.2) is 27.5 Å². The second kappa shape index (κ2) is 22.9. The average molecular weight is 906 g/mol. The summed E-state index contributed by atoms with van der Waals surface area (Å²) in [5, 5.41) is 9.61. The largest absolute Gasteiger partial charge is 0.481 e. The number of carboxylic acids is 1. The van der Waals surface area contributed by atoms with E-state index in [0.29, 0.717) is 68.8 Å². The number of nitrogens with zero attached hydrogens (tertiary/aromatic N) is 2. The smallest absolute Gasteiger partial charge is 0.303 e. The van der Waals surface area contributed by atoms with Crippen molar-refractivity contribution in [3.8, 4) is 44.8 Å². The highest BCUT2D eigenvalue weighted by Crippen LogP contribution is 2.38. The van der Waals surface area contributed by atoms with Crippen molar-refractivity contribution >= 4 is 50.8 Å². The molecule has 6 aromatic carbocycles. The molecular formula is C55H47F4N3O5. The van der Waals surface area contributed by atoms with Gasteiger partial charge in [0.05, 0.1) is 28.8 Å². The van der Waals surface area contributed by atoms with Crippen LogP contribution in [-0.2, 0) is 25.6 Å². The molecule has 8 nitrogen and oxygen atoms in total. The number of halogens is 4. The van der Waals surface area contributed by atoms with E-state index in [9.17, 15) is 36.7 Å². The number of carbonyl (C=O) groups excluding carboxylic acids is 3. The van der Waals surface area contributed by atoms with Gasteiger partial charge >= 0.3 is 5.97 Å². The Morgan fingerprint density at radius 3 is 1.28 bits per heavy atom. The van der Waals surface area contributed by atoms with Gasteiger partial charge < -0.3 is 10.8 Å². The molecule has 12 heteroatoms. The number of hydrogen-bond donors (Lipinski definition) is 2. The fourth-order valence-corrected chi connectivity index (χ4v) is 7.21. The normalized spacial score (nSPS) is 10.7. The lowest BCUT2D eigenvalue weighted by Crippen LogP contribution is -2.06. The van der Waals surface area contributed by atoms with E-state index in [1.807, 2.05) is 12.1 Å². The fraction of sp³-hybridized carbons (Fsp3) is 0.164. The van der Waals surface area contributed by atoms with Crippen LogP contribution in [0.3, 0.4) is 0 Å². The quantitative estimate of drug-likeness (QED) is 0.0812. The molecule has 0 unspecified atom stereocenters. The zero-order valence-corrected chi connectivity index (χ0v) is 36.9. The molecule has 0 amide bonds. The maximum absolute atomic E-state index is 14.7. The van der Waals surface area contributed by atoms with Gasteiger partial charge in [0.1, 0.15) is 40.6 Å². The molecule has 0 atom stereocenters. The highest BCUT2D eigenvalue weighted by atomic mass is 19.1. The second-order valence-corrected chi connectivity index (χ2v) is 15.6. The van der Waals surface area contributed by atoms with Crippen molar-refractivity contribution in [2.24, 2.45) is 0 Å². The SMILES string of the molecule is CCC(=O)CCC(=O)Cc1ccc2nc(-c3ccccc3F)c(-c3ccccc3F)cc2c1.CCC(=O)CCC(=O)O.Nc1ccc2nc(-c3ccccc3F)c(-c3ccccc3F)cc2c1. The van der Waals surface area contributed by atoms with Crippen molar-refractivity contribution in [3.05, 3.63) is 174 Å². The zero-order valence-electron chi connectivity index (χ0n) is 36.9. The van der Waals surface area contributed by atoms with E-state index < -0.39 is 23.4 Å². The molecule has 0 radical (unpaired) electrons. The van der Waals surface area contributed by atoms with Crippen LogP contribution in [0.2, 0.25) is 0 Å². The minimum atomic E-state index is -0.906. The number of benzene rings is 6. The second-order valence-electron chi connectivity index (χ2n) is 15.6. The topological polar surface area (TPSA) is 140 Å². The Morgan fingerprint density at radius 2 is 0.851 bits per heavy atom. The molecule has 0 fully saturated rings. The van der Waals surface area contributed by atoms with E-state index in [1.54, 1.807) is 123 Å². The number of aliphatic carboxylic acids is 1. The third-order valence-electron chi connectivity index (χ3n) is 10.8. The Balaban J connectivity index is 0.000000192. The Bertz CT molecular complexity index is 3100. The number of fused-ring (bicyclic) bond motifs is 2. The molecule has 8 rings (SSSR count). The Kier molecular flexibility index (Phi) is 16.6. The number of aromatic nitrogens is 2. The van der Waals surface area contributed by atoms with Crippen LogP contribution in [0.1, 0.15) is 57.9 Å². The maximum Gasteiger partial charge on any atom is 0.303 e. The first-order valence-corrected chi connectivity index (χ1v) is 21.7. The molecule has 0 saturated carbocycles. The van der Waals surface area contributed by atoms with Crippen molar-refractivity contribution in [1.82, 2.24) is 9.97 Å². The van der Waals surface area contributed by atoms with Crippen LogP contribution in [0.15, 0.2) is 146 Å². The first kappa shape index (κ1) is 48.6. The third-order valence-corrected chi connectivity index (χ3v) is 10.8. The Morgan fingerprint density at radius 1 is 0.463 bits per heavy atom. The van der Waals surface area contributed by atoms with E-state index >= 15 is 0 Å². The van der Waals surface area contributed by atoms with E-state index in [4.69, 9.17) is 10.8 Å². The van der Waals surface area contributed by atoms with Gasteiger partial charge in [-0.3, -0.25) is 19.2 Å². The molecule has 67 heavy (non-hydrogen) atoms. The molecule has 0 saturated heterocycles. The first-order chi connectivity index (χ1) is 32.3. The van der Waals surface area contributed by atoms with Crippen molar-refractivity contribution in [2.45, 2.75) is 58.8 Å². The van der Waals surface area contributed by atoms with Crippen molar-refractivity contribution in [3.63, 3.8) is 0 Å². The predicted octanol–water partition coefficient (Wildman–Crippen LogP) is 13.0. The minimum Gasteiger partial charge on any atom is -0.481 e. The molecule has 2 heterocycles. The standard InChI is InChI=1S/C28H23F2NO2.C21H14F2N2.C6H10O3/c1-2-20(32)12-13-21(33)16-18-11-14-27-19(15-18)17-24(22-7-3-5-9-25(22)29)28(31-27)23-8-4-6-10-26(23)30;22-18-7-3-1-5-15(18)17-12-13-11-14(24)9-10-20(13)25-21(17)16-6-2-4-8-19(16)23;1-2-5(7)3-4-6(8)9/h3-11,14-15,17H,2,12-13,16H2,1H3;1-12H,24H2;2-4H2,1H3,(H,8,9). The molecule has 340 valence electrons. The molecule has 3 N–H and O–H groups in total. The van der Waals surface area contributed by atoms with Crippen molar-refractivity contribution < 1.29 is 41.8 Å². The number of pyridine rings is 2. The van der Waals surface area contributed by atoms with Crippen molar-refractivity contribution in [2.75, 3.05) is 5.73 Å². The minimum absolute atomic E-state index is 0.0115. The van der Waals surface area contributed by atoms with Gasteiger partial charge in [0, 0.05) is 88.4 Å². The summed E-state index contributed by atoms with van der Waals surface area (Å²) in [4.78, 5) is 53.4. The van der Waals surface area contributed by atoms with Gasteiger partial charge in [0.25, 0.3) is 0 Å². The maximum atomic E-state index is 14.7. The van der Waals surface area contributed by atoms with E-state index in [0.717, 1.165) is 16.3 Å². The van der Waals surface area contributed by atoms with Crippen LogP contribution in [-0.4, -0.2) is 38.4 Å². The summed E-state index contributed by atoms with van der Waals surface area (Å²) in [6.45, 7) is 3.51. The van der Waals surface area contributed by atoms with Crippen LogP contribution in [0.25, 0.3) is 66.6 Å². The van der Waals surface area contributed by atoms with Crippen LogP contribution in [0.4, 0.5) is 23.2 Å². The van der Waals surface area contributed by atoms with E-state index in [2.05, 4.69) is 9.97 Å². The monoisotopic (exact) mass is 905 g/mol. The molecule has 8 aromatic rings. The average Bonchev–Trinajstić information content (AvgIpc) is 3.32. The number of anilines is 1. The van der Waals surface area contributed by atoms with Crippen molar-refractivity contribution in [1.29, 1.82) is 0 Å². The molecule has 0 spiro atoms. The Labute approximate surface area is 385 Å². The summed E-state index contributed by atoms with van der Waals surface area (Å²) in [5.41, 5.74) is 11.6. The highest BCUT2D eigenvalue weighted by Gasteiger charge is 2.19. The summed E-state index contributed by atoms with van der Waals surface area (Å²) in [7, 11) is 0. The summed E-state index contributed by atoms with van der Waals surface area (Å²) >= 11 is 0. The van der Waals surface area contributed by atoms with Gasteiger partial charge in [0.15, 0.2) is 0 Å². The van der Waals surface area contributed by atoms with Gasteiger partial charge in [0.2, 0.25) is 0 Å². The predicted molar refractivity (Wildman–Crippen MR) is 255 cm³/mol. The number of carboxylic acid groups (broad SMARTS) is 1. The lowest BCUT2D eigenvalue weighted by molar-refractivity contribution is -0.138. The molecular weight excluding hydrogens is 859 g/mol. The third kappa shape index (κ3) is 12.7. The lowest BCUT2D eigenvalue weighted by Gasteiger charge is -2.13. The Hall–Kier alpha value is -7.86. The molecule has 0 aliphatic carbocycles. The number of nitrogen functional groups attached to an aromatic ring is 1. The number of carbonyl (C=O) groups is 4. The number of ketones is 3. The van der Waals surface area contributed by atoms with Crippen LogP contribution < -0.4 is 5.73 Å². The van der Waals surface area contributed by atoms with Crippen LogP contribution >= 0.6 is 0 Å². The number of rotatable bonds is 14. The zero-order chi connectivity index (χ0) is 48.0. The molecule has 2 aromatic heterocycles. The van der Waals surface area contributed by atoms with Gasteiger partial charge in [-0.1, -0.05) is 80.6 Å². The number of nitrogens with two attached hydrogens (primary N) is 1. The van der Waals surface area contributed by atoms with Gasteiger partial charge in [-0.15, -0.1) is 0 Å². The van der Waals surface area contributed by atoms with Gasteiger partial charge in [-0.2, -0.15) is 0 Å². The van der Waals surface area contributed by atoms with E-state index in [1.165, 1.54) is 24.3 Å². The van der Waals surface area contributed by atoms with Gasteiger partial charge in [-0.05, 0) is 84.4 Å². The number of hydrogen-bond acceptors (Lipinski definition) is 7. The fourth-order valence-electron chi connectivity index (χ4n) is 7.21. The number of Topliss-reactive ketones (excluding diaryl/α,β-unsaturated/α-hetero) is 3. The summed E-state index contributed by atoms with van der Waals surface area (Å²) in [6.07, 6.45) is 1.68. The van der Waals surface area contributed by atoms with Crippen LogP contribution in [0.5, 0.6) is 0 Å². The lowest BCUT2D eigenvalue weighted by atomic mass is 9.95. The summed E-state index contributed by atoms with van der Waals surface area (Å²) in [6, 6.07) is 39.7. The van der Waals surface area contributed by atoms with E-state index in [-0.39, 0.29) is 60.8 Å². The summed E-state index contributed by atoms with van der Waals surface area (Å²) in [5.74, 6) is -2.49. The molecule has 0 bridgehead atoms. The molecule has 0 aliphatic rings. The summed E-state index contributed by atoms with van der Waals surface area (Å²) < 4.78 is 58.1.